The van der Waals surface area contributed by atoms with Gasteiger partial charge in [0.25, 0.3) is 0 Å². The quantitative estimate of drug-likeness (QED) is 0.546. The molecule has 0 saturated heterocycles. The third-order valence-corrected chi connectivity index (χ3v) is 2.24. The zero-order valence-electron chi connectivity index (χ0n) is 4.65. The summed E-state index contributed by atoms with van der Waals surface area (Å²) in [6.45, 7) is 0. The van der Waals surface area contributed by atoms with Crippen molar-refractivity contribution >= 4 is 17.7 Å². The van der Waals surface area contributed by atoms with Crippen LogP contribution in [0.2, 0.25) is 0 Å². The predicted molar refractivity (Wildman–Crippen MR) is 36.1 cm³/mol. The van der Waals surface area contributed by atoms with Crippen molar-refractivity contribution in [3.63, 3.8) is 0 Å². The fourth-order valence-electron chi connectivity index (χ4n) is 0.635. The summed E-state index contributed by atoms with van der Waals surface area (Å²) in [4.78, 5) is 10.3. The van der Waals surface area contributed by atoms with Crippen molar-refractivity contribution in [1.29, 1.82) is 0 Å². The van der Waals surface area contributed by atoms with Crippen LogP contribution < -0.4 is 5.73 Å². The minimum absolute atomic E-state index is 0.313. The summed E-state index contributed by atoms with van der Waals surface area (Å²) in [7, 11) is 0. The van der Waals surface area contributed by atoms with Crippen LogP contribution in [0.5, 0.6) is 0 Å². The minimum Gasteiger partial charge on any atom is -0.480 e. The Morgan fingerprint density at radius 2 is 2.44 bits per heavy atom. The van der Waals surface area contributed by atoms with Gasteiger partial charge >= 0.3 is 5.97 Å². The number of aliphatic carboxylic acids is 1. The Morgan fingerprint density at radius 3 is 2.67 bits per heavy atom. The van der Waals surface area contributed by atoms with Crippen molar-refractivity contribution in [2.45, 2.75) is 11.3 Å². The lowest BCUT2D eigenvalue weighted by atomic mass is 10.2. The van der Waals surface area contributed by atoms with Gasteiger partial charge in [-0.1, -0.05) is 6.08 Å². The lowest BCUT2D eigenvalue weighted by molar-refractivity contribution is -0.136. The summed E-state index contributed by atoms with van der Waals surface area (Å²) in [5.74, 6) is -0.836. The first-order valence-corrected chi connectivity index (χ1v) is 3.46. The standard InChI is InChI=1S/C5H7NO2S/c6-3-1-2-9-4(3)5(7)8/h1-4H,6H2,(H,7,8). The fraction of sp³-hybridized carbons (Fsp3) is 0.400. The third-order valence-electron chi connectivity index (χ3n) is 1.12. The first-order chi connectivity index (χ1) is 4.22. The topological polar surface area (TPSA) is 63.3 Å². The summed E-state index contributed by atoms with van der Waals surface area (Å²) < 4.78 is 0. The molecule has 2 unspecified atom stereocenters. The average Bonchev–Trinajstić information content (AvgIpc) is 2.13. The van der Waals surface area contributed by atoms with Crippen LogP contribution in [-0.4, -0.2) is 22.4 Å². The van der Waals surface area contributed by atoms with Crippen LogP contribution >= 0.6 is 11.8 Å². The predicted octanol–water partition coefficient (Wildman–Crippen LogP) is 0.0274. The Morgan fingerprint density at radius 1 is 1.78 bits per heavy atom. The number of thioether (sulfide) groups is 1. The SMILES string of the molecule is NC1C=CSC1C(=O)O. The number of carboxylic acid groups (broad SMARTS) is 1. The molecular formula is C5H7NO2S. The van der Waals surface area contributed by atoms with Gasteiger partial charge < -0.3 is 10.8 Å². The summed E-state index contributed by atoms with van der Waals surface area (Å²) in [5.41, 5.74) is 5.39. The molecule has 1 aliphatic rings. The molecule has 0 fully saturated rings. The Hall–Kier alpha value is -0.480. The van der Waals surface area contributed by atoms with Crippen LogP contribution in [-0.2, 0) is 4.79 Å². The van der Waals surface area contributed by atoms with Crippen molar-refractivity contribution in [3.8, 4) is 0 Å². The largest absolute Gasteiger partial charge is 0.480 e. The normalized spacial score (nSPS) is 33.0. The van der Waals surface area contributed by atoms with Crippen LogP contribution in [0.15, 0.2) is 11.5 Å². The van der Waals surface area contributed by atoms with Gasteiger partial charge in [-0.2, -0.15) is 0 Å². The molecule has 3 nitrogen and oxygen atoms in total. The lowest BCUT2D eigenvalue weighted by Crippen LogP contribution is -2.33. The van der Waals surface area contributed by atoms with E-state index in [2.05, 4.69) is 0 Å². The maximum Gasteiger partial charge on any atom is 0.318 e. The van der Waals surface area contributed by atoms with Gasteiger partial charge in [0.05, 0.1) is 0 Å². The van der Waals surface area contributed by atoms with E-state index in [1.807, 2.05) is 0 Å². The molecule has 0 aromatic rings. The molecule has 0 spiro atoms. The highest BCUT2D eigenvalue weighted by molar-refractivity contribution is 8.03. The minimum atomic E-state index is -0.836. The molecule has 50 valence electrons. The summed E-state index contributed by atoms with van der Waals surface area (Å²) in [6.07, 6.45) is 1.70. The van der Waals surface area contributed by atoms with Crippen LogP contribution in [0.25, 0.3) is 0 Å². The van der Waals surface area contributed by atoms with Crippen molar-refractivity contribution in [1.82, 2.24) is 0 Å². The zero-order chi connectivity index (χ0) is 6.85. The molecule has 2 atom stereocenters. The molecule has 3 N–H and O–H groups in total. The Balaban J connectivity index is 2.55. The highest BCUT2D eigenvalue weighted by Gasteiger charge is 2.26. The highest BCUT2D eigenvalue weighted by Crippen LogP contribution is 2.22. The van der Waals surface area contributed by atoms with E-state index < -0.39 is 11.2 Å². The molecule has 0 aliphatic carbocycles. The molecule has 0 amide bonds. The van der Waals surface area contributed by atoms with E-state index in [9.17, 15) is 4.79 Å². The van der Waals surface area contributed by atoms with Gasteiger partial charge in [-0.05, 0) is 5.41 Å². The second-order valence-electron chi connectivity index (χ2n) is 1.80. The molecule has 1 rings (SSSR count). The van der Waals surface area contributed by atoms with E-state index in [0.717, 1.165) is 0 Å². The Bertz CT molecular complexity index is 157. The van der Waals surface area contributed by atoms with E-state index in [-0.39, 0.29) is 6.04 Å². The van der Waals surface area contributed by atoms with Crippen LogP contribution in [0.4, 0.5) is 0 Å². The van der Waals surface area contributed by atoms with Crippen LogP contribution in [0.3, 0.4) is 0 Å². The van der Waals surface area contributed by atoms with E-state index in [4.69, 9.17) is 10.8 Å². The first-order valence-electron chi connectivity index (χ1n) is 2.52. The van der Waals surface area contributed by atoms with Gasteiger partial charge in [-0.25, -0.2) is 0 Å². The van der Waals surface area contributed by atoms with E-state index in [1.165, 1.54) is 11.8 Å². The molecule has 1 heterocycles. The van der Waals surface area contributed by atoms with Crippen molar-refractivity contribution in [2.75, 3.05) is 0 Å². The van der Waals surface area contributed by atoms with E-state index in [0.29, 0.717) is 0 Å². The van der Waals surface area contributed by atoms with Crippen LogP contribution in [0.1, 0.15) is 0 Å². The van der Waals surface area contributed by atoms with E-state index in [1.54, 1.807) is 11.5 Å². The number of carboxylic acids is 1. The summed E-state index contributed by atoms with van der Waals surface area (Å²) in [5, 5.41) is 9.70. The Labute approximate surface area is 56.9 Å². The second kappa shape index (κ2) is 2.41. The Kier molecular flexibility index (Phi) is 1.78. The molecule has 1 aliphatic heterocycles. The van der Waals surface area contributed by atoms with Crippen molar-refractivity contribution in [3.05, 3.63) is 11.5 Å². The summed E-state index contributed by atoms with van der Waals surface area (Å²) >= 11 is 1.25. The van der Waals surface area contributed by atoms with Gasteiger partial charge in [0, 0.05) is 6.04 Å². The molecule has 0 radical (unpaired) electrons. The molecule has 4 heteroatoms. The van der Waals surface area contributed by atoms with E-state index >= 15 is 0 Å². The molecule has 0 saturated carbocycles. The number of hydrogen-bond donors (Lipinski definition) is 2. The number of nitrogens with two attached hydrogens (primary N) is 1. The van der Waals surface area contributed by atoms with Crippen molar-refractivity contribution in [2.24, 2.45) is 5.73 Å². The zero-order valence-corrected chi connectivity index (χ0v) is 5.47. The molecule has 9 heavy (non-hydrogen) atoms. The number of hydrogen-bond acceptors (Lipinski definition) is 3. The van der Waals surface area contributed by atoms with Gasteiger partial charge in [-0.15, -0.1) is 11.8 Å². The van der Waals surface area contributed by atoms with Gasteiger partial charge in [0.2, 0.25) is 0 Å². The van der Waals surface area contributed by atoms with Gasteiger partial charge in [-0.3, -0.25) is 4.79 Å². The maximum absolute atomic E-state index is 10.3. The molecular weight excluding hydrogens is 138 g/mol. The number of rotatable bonds is 1. The van der Waals surface area contributed by atoms with Gasteiger partial charge in [0.1, 0.15) is 5.25 Å². The smallest absolute Gasteiger partial charge is 0.318 e. The fourth-order valence-corrected chi connectivity index (χ4v) is 1.47. The van der Waals surface area contributed by atoms with Gasteiger partial charge in [0.15, 0.2) is 0 Å². The molecule has 0 aromatic carbocycles. The third kappa shape index (κ3) is 1.25. The average molecular weight is 145 g/mol. The molecule has 0 bridgehead atoms. The van der Waals surface area contributed by atoms with Crippen molar-refractivity contribution < 1.29 is 9.90 Å². The summed E-state index contributed by atoms with van der Waals surface area (Å²) in [6, 6.07) is -0.313. The monoisotopic (exact) mass is 145 g/mol. The molecule has 0 aromatic heterocycles. The second-order valence-corrected chi connectivity index (χ2v) is 2.85. The first kappa shape index (κ1) is 6.64. The lowest BCUT2D eigenvalue weighted by Gasteiger charge is -2.06. The number of carbonyl (C=O) groups is 1. The highest BCUT2D eigenvalue weighted by atomic mass is 32.2. The maximum atomic E-state index is 10.3. The van der Waals surface area contributed by atoms with Crippen LogP contribution in [0, 0.1) is 0 Å².